The summed E-state index contributed by atoms with van der Waals surface area (Å²) in [6.45, 7) is 3.32. The van der Waals surface area contributed by atoms with Gasteiger partial charge >= 0.3 is 6.03 Å². The first-order chi connectivity index (χ1) is 11.7. The Morgan fingerprint density at radius 3 is 2.83 bits per heavy atom. The lowest BCUT2D eigenvalue weighted by Crippen LogP contribution is -2.37. The van der Waals surface area contributed by atoms with Crippen LogP contribution in [0.25, 0.3) is 0 Å². The minimum Gasteiger partial charge on any atom is -0.373 e. The molecule has 5 heteroatoms. The first-order valence-corrected chi connectivity index (χ1v) is 8.36. The van der Waals surface area contributed by atoms with Gasteiger partial charge in [0.15, 0.2) is 0 Å². The first-order valence-electron chi connectivity index (χ1n) is 8.36. The molecule has 5 nitrogen and oxygen atoms in total. The Kier molecular flexibility index (Phi) is 5.43. The fourth-order valence-corrected chi connectivity index (χ4v) is 2.99. The Bertz CT molecular complexity index is 658. The summed E-state index contributed by atoms with van der Waals surface area (Å²) in [5.74, 6) is 0.829. The van der Waals surface area contributed by atoms with Crippen molar-refractivity contribution in [3.8, 4) is 0 Å². The van der Waals surface area contributed by atoms with E-state index in [1.54, 1.807) is 12.3 Å². The number of aryl methyl sites for hydroxylation is 1. The lowest BCUT2D eigenvalue weighted by atomic mass is 9.89. The van der Waals surface area contributed by atoms with Crippen LogP contribution in [0.15, 0.2) is 48.7 Å². The molecule has 0 radical (unpaired) electrons. The average Bonchev–Trinajstić information content (AvgIpc) is 2.63. The van der Waals surface area contributed by atoms with Crippen molar-refractivity contribution in [3.05, 3.63) is 59.8 Å². The summed E-state index contributed by atoms with van der Waals surface area (Å²) in [6, 6.07) is 13.7. The van der Waals surface area contributed by atoms with Crippen LogP contribution in [0, 0.1) is 12.8 Å². The smallest absolute Gasteiger partial charge is 0.320 e. The number of hydrogen-bond acceptors (Lipinski definition) is 3. The number of anilines is 1. The van der Waals surface area contributed by atoms with E-state index in [1.165, 1.54) is 5.56 Å². The molecule has 0 spiro atoms. The second kappa shape index (κ2) is 7.93. The van der Waals surface area contributed by atoms with E-state index in [4.69, 9.17) is 4.74 Å². The molecule has 2 atom stereocenters. The third-order valence-electron chi connectivity index (χ3n) is 4.25. The minimum absolute atomic E-state index is 0.0396. The Hall–Kier alpha value is -2.40. The van der Waals surface area contributed by atoms with Crippen LogP contribution < -0.4 is 10.6 Å². The zero-order valence-electron chi connectivity index (χ0n) is 13.9. The molecule has 0 aliphatic carbocycles. The van der Waals surface area contributed by atoms with Crippen LogP contribution in [0.3, 0.4) is 0 Å². The summed E-state index contributed by atoms with van der Waals surface area (Å²) in [4.78, 5) is 16.3. The van der Waals surface area contributed by atoms with Gasteiger partial charge in [0.25, 0.3) is 0 Å². The lowest BCUT2D eigenvalue weighted by Gasteiger charge is -2.32. The van der Waals surface area contributed by atoms with Gasteiger partial charge in [0.2, 0.25) is 0 Å². The van der Waals surface area contributed by atoms with Crippen LogP contribution in [-0.4, -0.2) is 24.2 Å². The van der Waals surface area contributed by atoms with E-state index in [9.17, 15) is 4.79 Å². The normalized spacial score (nSPS) is 20.4. The van der Waals surface area contributed by atoms with Gasteiger partial charge in [-0.3, -0.25) is 5.32 Å². The van der Waals surface area contributed by atoms with E-state index >= 15 is 0 Å². The number of urea groups is 1. The average molecular weight is 325 g/mol. The third kappa shape index (κ3) is 4.32. The largest absolute Gasteiger partial charge is 0.373 e. The molecular formula is C19H23N3O2. The van der Waals surface area contributed by atoms with E-state index in [0.717, 1.165) is 25.0 Å². The van der Waals surface area contributed by atoms with E-state index in [-0.39, 0.29) is 18.1 Å². The molecule has 0 saturated carbocycles. The third-order valence-corrected chi connectivity index (χ3v) is 4.25. The molecule has 2 amide bonds. The molecule has 1 saturated heterocycles. The fraction of sp³-hybridized carbons (Fsp3) is 0.368. The quantitative estimate of drug-likeness (QED) is 0.901. The van der Waals surface area contributed by atoms with Gasteiger partial charge in [0.05, 0.1) is 6.10 Å². The van der Waals surface area contributed by atoms with Gasteiger partial charge in [-0.2, -0.15) is 0 Å². The van der Waals surface area contributed by atoms with Crippen LogP contribution in [0.2, 0.25) is 0 Å². The number of nitrogens with one attached hydrogen (secondary N) is 2. The summed E-state index contributed by atoms with van der Waals surface area (Å²) < 4.78 is 5.96. The molecule has 2 heterocycles. The minimum atomic E-state index is -0.233. The Balaban J connectivity index is 1.55. The van der Waals surface area contributed by atoms with Crippen molar-refractivity contribution in [1.82, 2.24) is 10.3 Å². The number of carbonyl (C=O) groups excluding carboxylic acids is 1. The summed E-state index contributed by atoms with van der Waals surface area (Å²) in [5, 5.41) is 5.71. The molecule has 24 heavy (non-hydrogen) atoms. The maximum atomic E-state index is 12.1. The molecule has 2 N–H and O–H groups in total. The van der Waals surface area contributed by atoms with Gasteiger partial charge in [0.1, 0.15) is 5.82 Å². The molecule has 2 aromatic rings. The van der Waals surface area contributed by atoms with Gasteiger partial charge in [-0.1, -0.05) is 36.4 Å². The Morgan fingerprint density at radius 1 is 1.25 bits per heavy atom. The van der Waals surface area contributed by atoms with Gasteiger partial charge in [-0.05, 0) is 37.0 Å². The molecule has 0 bridgehead atoms. The highest BCUT2D eigenvalue weighted by atomic mass is 16.5. The van der Waals surface area contributed by atoms with Crippen molar-refractivity contribution in [2.45, 2.75) is 25.9 Å². The van der Waals surface area contributed by atoms with Crippen molar-refractivity contribution in [2.75, 3.05) is 18.5 Å². The highest BCUT2D eigenvalue weighted by molar-refractivity contribution is 5.88. The second-order valence-corrected chi connectivity index (χ2v) is 6.16. The van der Waals surface area contributed by atoms with Crippen molar-refractivity contribution < 1.29 is 9.53 Å². The molecule has 126 valence electrons. The predicted molar refractivity (Wildman–Crippen MR) is 93.9 cm³/mol. The van der Waals surface area contributed by atoms with Crippen LogP contribution >= 0.6 is 0 Å². The zero-order chi connectivity index (χ0) is 16.8. The van der Waals surface area contributed by atoms with E-state index in [0.29, 0.717) is 12.4 Å². The van der Waals surface area contributed by atoms with E-state index in [2.05, 4.69) is 27.8 Å². The maximum absolute atomic E-state index is 12.1. The number of nitrogens with zero attached hydrogens (tertiary/aromatic N) is 1. The molecule has 3 rings (SSSR count). The number of hydrogen-bond donors (Lipinski definition) is 2. The number of carbonyl (C=O) groups is 1. The van der Waals surface area contributed by atoms with E-state index in [1.807, 2.05) is 31.2 Å². The molecule has 1 aliphatic rings. The Morgan fingerprint density at radius 2 is 2.08 bits per heavy atom. The van der Waals surface area contributed by atoms with E-state index < -0.39 is 0 Å². The number of benzene rings is 1. The van der Waals surface area contributed by atoms with Crippen LogP contribution in [0.5, 0.6) is 0 Å². The molecule has 1 aliphatic heterocycles. The summed E-state index contributed by atoms with van der Waals surface area (Å²) in [7, 11) is 0. The number of amides is 2. The van der Waals surface area contributed by atoms with Crippen LogP contribution in [0.1, 0.15) is 30.1 Å². The summed E-state index contributed by atoms with van der Waals surface area (Å²) in [5.41, 5.74) is 2.23. The standard InChI is InChI=1S/C19H23N3O2/c1-14-9-10-17(20-12-14)22-19(23)21-13-16-8-5-11-24-18(16)15-6-3-2-4-7-15/h2-4,6-7,9-10,12,16,18H,5,8,11,13H2,1H3,(H2,20,21,22,23)/t16-,18-/m0/s1. The van der Waals surface area contributed by atoms with Crippen molar-refractivity contribution >= 4 is 11.8 Å². The van der Waals surface area contributed by atoms with Crippen LogP contribution in [0.4, 0.5) is 10.6 Å². The van der Waals surface area contributed by atoms with Gasteiger partial charge in [-0.15, -0.1) is 0 Å². The molecule has 1 fully saturated rings. The van der Waals surface area contributed by atoms with Gasteiger partial charge in [-0.25, -0.2) is 9.78 Å². The monoisotopic (exact) mass is 325 g/mol. The van der Waals surface area contributed by atoms with Crippen molar-refractivity contribution in [1.29, 1.82) is 0 Å². The highest BCUT2D eigenvalue weighted by Crippen LogP contribution is 2.33. The molecule has 1 aromatic carbocycles. The van der Waals surface area contributed by atoms with Gasteiger partial charge < -0.3 is 10.1 Å². The lowest BCUT2D eigenvalue weighted by molar-refractivity contribution is -0.0268. The highest BCUT2D eigenvalue weighted by Gasteiger charge is 2.27. The topological polar surface area (TPSA) is 63.2 Å². The zero-order valence-corrected chi connectivity index (χ0v) is 13.9. The van der Waals surface area contributed by atoms with Gasteiger partial charge in [0, 0.05) is 25.3 Å². The fourth-order valence-electron chi connectivity index (χ4n) is 2.99. The van der Waals surface area contributed by atoms with Crippen molar-refractivity contribution in [2.24, 2.45) is 5.92 Å². The number of ether oxygens (including phenoxy) is 1. The second-order valence-electron chi connectivity index (χ2n) is 6.16. The molecule has 0 unspecified atom stereocenters. The first kappa shape index (κ1) is 16.5. The predicted octanol–water partition coefficient (Wildman–Crippen LogP) is 3.68. The molecule has 1 aromatic heterocycles. The summed E-state index contributed by atoms with van der Waals surface area (Å²) >= 11 is 0. The number of pyridine rings is 1. The molecular weight excluding hydrogens is 302 g/mol. The Labute approximate surface area is 142 Å². The number of rotatable bonds is 4. The summed E-state index contributed by atoms with van der Waals surface area (Å²) in [6.07, 6.45) is 3.84. The maximum Gasteiger partial charge on any atom is 0.320 e. The van der Waals surface area contributed by atoms with Crippen LogP contribution in [-0.2, 0) is 4.74 Å². The SMILES string of the molecule is Cc1ccc(NC(=O)NC[C@@H]2CCCO[C@H]2c2ccccc2)nc1. The number of aromatic nitrogens is 1. The van der Waals surface area contributed by atoms with Crippen molar-refractivity contribution in [3.63, 3.8) is 0 Å².